The average molecular weight is 239 g/mol. The van der Waals surface area contributed by atoms with Crippen molar-refractivity contribution in [2.75, 3.05) is 19.5 Å². The number of carbonyl (C=O) groups is 1. The first-order chi connectivity index (χ1) is 8.11. The molecule has 1 saturated carbocycles. The van der Waals surface area contributed by atoms with Crippen LogP contribution in [0.1, 0.15) is 23.2 Å². The Labute approximate surface area is 98.5 Å². The molecule has 4 nitrogen and oxygen atoms in total. The number of nitrogens with two attached hydrogens (primary N) is 1. The lowest BCUT2D eigenvalue weighted by atomic mass is 10.1. The minimum Gasteiger partial charge on any atom is -0.490 e. The van der Waals surface area contributed by atoms with Crippen molar-refractivity contribution in [2.24, 2.45) is 5.92 Å². The average Bonchev–Trinajstić information content (AvgIpc) is 3.09. The van der Waals surface area contributed by atoms with Gasteiger partial charge in [0.05, 0.1) is 19.4 Å². The highest BCUT2D eigenvalue weighted by molar-refractivity contribution is 5.94. The van der Waals surface area contributed by atoms with Crippen LogP contribution < -0.4 is 10.5 Å². The van der Waals surface area contributed by atoms with E-state index >= 15 is 0 Å². The SMILES string of the molecule is COC(=O)c1cc(F)cc(N)c1OCC1CC1. The lowest BCUT2D eigenvalue weighted by Crippen LogP contribution is -2.10. The van der Waals surface area contributed by atoms with Gasteiger partial charge in [-0.1, -0.05) is 0 Å². The van der Waals surface area contributed by atoms with Gasteiger partial charge in [-0.3, -0.25) is 0 Å². The summed E-state index contributed by atoms with van der Waals surface area (Å²) < 4.78 is 23.2. The highest BCUT2D eigenvalue weighted by atomic mass is 19.1. The summed E-state index contributed by atoms with van der Waals surface area (Å²) in [6.45, 7) is 0.500. The van der Waals surface area contributed by atoms with Crippen molar-refractivity contribution in [3.8, 4) is 5.75 Å². The minimum absolute atomic E-state index is 0.0330. The van der Waals surface area contributed by atoms with Crippen molar-refractivity contribution in [3.05, 3.63) is 23.5 Å². The standard InChI is InChI=1S/C12H14FNO3/c1-16-12(15)9-4-8(13)5-10(14)11(9)17-6-7-2-3-7/h4-5,7H,2-3,6,14H2,1H3. The van der Waals surface area contributed by atoms with Crippen LogP contribution in [0.15, 0.2) is 12.1 Å². The summed E-state index contributed by atoms with van der Waals surface area (Å²) in [5.41, 5.74) is 5.80. The molecule has 0 amide bonds. The molecule has 5 heteroatoms. The Morgan fingerprint density at radius 3 is 2.82 bits per heavy atom. The minimum atomic E-state index is -0.651. The third-order valence-electron chi connectivity index (χ3n) is 2.65. The molecule has 0 spiro atoms. The fourth-order valence-electron chi connectivity index (χ4n) is 1.52. The molecule has 0 saturated heterocycles. The summed E-state index contributed by atoms with van der Waals surface area (Å²) in [5, 5.41) is 0. The summed E-state index contributed by atoms with van der Waals surface area (Å²) >= 11 is 0. The summed E-state index contributed by atoms with van der Waals surface area (Å²) in [4.78, 5) is 11.5. The largest absolute Gasteiger partial charge is 0.490 e. The van der Waals surface area contributed by atoms with Crippen LogP contribution in [0.25, 0.3) is 0 Å². The van der Waals surface area contributed by atoms with E-state index in [4.69, 9.17) is 10.5 Å². The zero-order chi connectivity index (χ0) is 12.4. The number of hydrogen-bond acceptors (Lipinski definition) is 4. The van der Waals surface area contributed by atoms with Crippen molar-refractivity contribution in [3.63, 3.8) is 0 Å². The second kappa shape index (κ2) is 4.61. The zero-order valence-corrected chi connectivity index (χ0v) is 9.53. The summed E-state index contributed by atoms with van der Waals surface area (Å²) in [7, 11) is 1.23. The molecule has 0 bridgehead atoms. The molecular formula is C12H14FNO3. The molecule has 0 atom stereocenters. The van der Waals surface area contributed by atoms with Gasteiger partial charge in [-0.25, -0.2) is 9.18 Å². The molecule has 0 unspecified atom stereocenters. The second-order valence-electron chi connectivity index (χ2n) is 4.12. The quantitative estimate of drug-likeness (QED) is 0.644. The fraction of sp³-hybridized carbons (Fsp3) is 0.417. The number of benzene rings is 1. The highest BCUT2D eigenvalue weighted by Crippen LogP contribution is 2.33. The van der Waals surface area contributed by atoms with E-state index in [2.05, 4.69) is 4.74 Å². The van der Waals surface area contributed by atoms with E-state index in [1.165, 1.54) is 7.11 Å². The summed E-state index contributed by atoms with van der Waals surface area (Å²) in [5.74, 6) is -0.501. The maximum atomic E-state index is 13.2. The number of carbonyl (C=O) groups excluding carboxylic acids is 1. The molecule has 1 aromatic carbocycles. The molecule has 1 aliphatic carbocycles. The number of methoxy groups -OCH3 is 1. The van der Waals surface area contributed by atoms with Gasteiger partial charge in [0.1, 0.15) is 11.4 Å². The molecule has 2 rings (SSSR count). The predicted octanol–water partition coefficient (Wildman–Crippen LogP) is 1.98. The normalized spacial score (nSPS) is 14.5. The van der Waals surface area contributed by atoms with Gasteiger partial charge >= 0.3 is 5.97 Å². The van der Waals surface area contributed by atoms with Crippen LogP contribution in [-0.2, 0) is 4.74 Å². The fourth-order valence-corrected chi connectivity index (χ4v) is 1.52. The van der Waals surface area contributed by atoms with Crippen LogP contribution in [0.3, 0.4) is 0 Å². The van der Waals surface area contributed by atoms with Crippen LogP contribution in [0.4, 0.5) is 10.1 Å². The number of halogens is 1. The lowest BCUT2D eigenvalue weighted by molar-refractivity contribution is 0.0595. The topological polar surface area (TPSA) is 61.5 Å². The van der Waals surface area contributed by atoms with E-state index in [9.17, 15) is 9.18 Å². The van der Waals surface area contributed by atoms with Crippen LogP contribution in [0.2, 0.25) is 0 Å². The van der Waals surface area contributed by atoms with Gasteiger partial charge in [0.15, 0.2) is 5.75 Å². The molecular weight excluding hydrogens is 225 g/mol. The molecule has 2 N–H and O–H groups in total. The van der Waals surface area contributed by atoms with Gasteiger partial charge < -0.3 is 15.2 Å². The lowest BCUT2D eigenvalue weighted by Gasteiger charge is -2.12. The first-order valence-corrected chi connectivity index (χ1v) is 5.42. The molecule has 92 valence electrons. The van der Waals surface area contributed by atoms with Crippen LogP contribution >= 0.6 is 0 Å². The van der Waals surface area contributed by atoms with E-state index in [0.717, 1.165) is 25.0 Å². The monoisotopic (exact) mass is 239 g/mol. The van der Waals surface area contributed by atoms with E-state index in [0.29, 0.717) is 12.5 Å². The second-order valence-corrected chi connectivity index (χ2v) is 4.12. The zero-order valence-electron chi connectivity index (χ0n) is 9.53. The smallest absolute Gasteiger partial charge is 0.341 e. The molecule has 1 aromatic rings. The number of rotatable bonds is 4. The molecule has 0 aromatic heterocycles. The molecule has 1 aliphatic rings. The number of nitrogen functional groups attached to an aromatic ring is 1. The van der Waals surface area contributed by atoms with Crippen molar-refractivity contribution in [1.82, 2.24) is 0 Å². The van der Waals surface area contributed by atoms with Gasteiger partial charge in [-0.15, -0.1) is 0 Å². The molecule has 0 radical (unpaired) electrons. The Kier molecular flexibility index (Phi) is 3.17. The molecule has 0 aliphatic heterocycles. The Balaban J connectivity index is 2.28. The Bertz CT molecular complexity index is 444. The predicted molar refractivity (Wildman–Crippen MR) is 60.4 cm³/mol. The van der Waals surface area contributed by atoms with Gasteiger partial charge in [-0.05, 0) is 24.8 Å². The van der Waals surface area contributed by atoms with Crippen LogP contribution in [0.5, 0.6) is 5.75 Å². The van der Waals surface area contributed by atoms with Gasteiger partial charge in [-0.2, -0.15) is 0 Å². The number of anilines is 1. The molecule has 0 heterocycles. The van der Waals surface area contributed by atoms with Crippen molar-refractivity contribution in [1.29, 1.82) is 0 Å². The van der Waals surface area contributed by atoms with Crippen LogP contribution in [0, 0.1) is 11.7 Å². The molecule has 17 heavy (non-hydrogen) atoms. The number of esters is 1. The number of hydrogen-bond donors (Lipinski definition) is 1. The number of ether oxygens (including phenoxy) is 2. The van der Waals surface area contributed by atoms with E-state index < -0.39 is 11.8 Å². The van der Waals surface area contributed by atoms with Gasteiger partial charge in [0, 0.05) is 6.07 Å². The first kappa shape index (κ1) is 11.7. The van der Waals surface area contributed by atoms with Crippen molar-refractivity contribution in [2.45, 2.75) is 12.8 Å². The summed E-state index contributed by atoms with van der Waals surface area (Å²) in [6.07, 6.45) is 2.24. The van der Waals surface area contributed by atoms with E-state index in [-0.39, 0.29) is 17.0 Å². The Morgan fingerprint density at radius 2 is 2.24 bits per heavy atom. The van der Waals surface area contributed by atoms with Gasteiger partial charge in [0.25, 0.3) is 0 Å². The Morgan fingerprint density at radius 1 is 1.53 bits per heavy atom. The third-order valence-corrected chi connectivity index (χ3v) is 2.65. The maximum Gasteiger partial charge on any atom is 0.341 e. The maximum absolute atomic E-state index is 13.2. The van der Waals surface area contributed by atoms with Crippen molar-refractivity contribution < 1.29 is 18.7 Å². The van der Waals surface area contributed by atoms with E-state index in [1.54, 1.807) is 0 Å². The van der Waals surface area contributed by atoms with Gasteiger partial charge in [0.2, 0.25) is 0 Å². The first-order valence-electron chi connectivity index (χ1n) is 5.42. The van der Waals surface area contributed by atoms with Crippen LogP contribution in [-0.4, -0.2) is 19.7 Å². The van der Waals surface area contributed by atoms with Crippen molar-refractivity contribution >= 4 is 11.7 Å². The third kappa shape index (κ3) is 2.67. The van der Waals surface area contributed by atoms with E-state index in [1.807, 2.05) is 0 Å². The highest BCUT2D eigenvalue weighted by Gasteiger charge is 2.24. The summed E-state index contributed by atoms with van der Waals surface area (Å²) in [6, 6.07) is 2.21. The molecule has 1 fully saturated rings. The Hall–Kier alpha value is -1.78.